The Hall–Kier alpha value is -3.92. The van der Waals surface area contributed by atoms with Crippen molar-refractivity contribution in [1.82, 2.24) is 4.90 Å². The summed E-state index contributed by atoms with van der Waals surface area (Å²) >= 11 is 0. The molecule has 2 aliphatic heterocycles. The van der Waals surface area contributed by atoms with E-state index >= 15 is 0 Å². The number of alkyl halides is 2. The molecule has 36 heavy (non-hydrogen) atoms. The van der Waals surface area contributed by atoms with Crippen molar-refractivity contribution < 1.29 is 18.3 Å². The Morgan fingerprint density at radius 3 is 2.53 bits per heavy atom. The molecule has 186 valence electrons. The van der Waals surface area contributed by atoms with Gasteiger partial charge < -0.3 is 14.5 Å². The molecule has 5 nitrogen and oxygen atoms in total. The summed E-state index contributed by atoms with van der Waals surface area (Å²) in [5, 5.41) is 0. The molecule has 0 amide bonds. The maximum Gasteiger partial charge on any atom is 0.306 e. The Labute approximate surface area is 210 Å². The number of ketones is 1. The van der Waals surface area contributed by atoms with Crippen LogP contribution in [0.3, 0.4) is 0 Å². The number of carbonyl (C=O) groups is 1. The first-order valence-corrected chi connectivity index (χ1v) is 11.8. The third-order valence-corrected chi connectivity index (χ3v) is 6.73. The maximum atomic E-state index is 15.0. The minimum atomic E-state index is -3.18. The fraction of sp³-hybridized carbons (Fsp3) is 0.310. The van der Waals surface area contributed by atoms with Crippen LogP contribution in [-0.4, -0.2) is 43.1 Å². The number of Topliss-reactive ketones (excluding diaryl/α,β-unsaturated/α-hetero) is 1. The molecular formula is C29H29F2N3O2. The molecule has 1 fully saturated rings. The first kappa shape index (κ1) is 25.2. The molecule has 4 rings (SSSR count). The van der Waals surface area contributed by atoms with Crippen LogP contribution < -0.4 is 9.64 Å². The number of hydrogen-bond acceptors (Lipinski definition) is 4. The number of allylic oxidation sites excluding steroid dienone is 1. The highest BCUT2D eigenvalue weighted by atomic mass is 19.3. The number of rotatable bonds is 6. The van der Waals surface area contributed by atoms with Crippen molar-refractivity contribution >= 4 is 17.3 Å². The van der Waals surface area contributed by atoms with Crippen LogP contribution in [0.2, 0.25) is 0 Å². The Kier molecular flexibility index (Phi) is 7.25. The van der Waals surface area contributed by atoms with Gasteiger partial charge in [-0.15, -0.1) is 5.73 Å². The summed E-state index contributed by atoms with van der Waals surface area (Å²) in [6, 6.07) is 16.2. The van der Waals surface area contributed by atoms with E-state index in [9.17, 15) is 13.6 Å². The van der Waals surface area contributed by atoms with E-state index in [1.807, 2.05) is 66.5 Å². The molecule has 0 radical (unpaired) electrons. The first-order valence-electron chi connectivity index (χ1n) is 11.8. The summed E-state index contributed by atoms with van der Waals surface area (Å²) in [4.78, 5) is 20.5. The average Bonchev–Trinajstić information content (AvgIpc) is 3.02. The van der Waals surface area contributed by atoms with Crippen LogP contribution in [0.25, 0.3) is 0 Å². The summed E-state index contributed by atoms with van der Waals surface area (Å²) in [5.41, 5.74) is 7.72. The summed E-state index contributed by atoms with van der Waals surface area (Å²) in [6.45, 7) is 7.70. The molecule has 0 saturated carbocycles. The molecule has 0 aromatic heterocycles. The number of anilines is 1. The van der Waals surface area contributed by atoms with Gasteiger partial charge in [0, 0.05) is 32.9 Å². The number of amidine groups is 1. The predicted molar refractivity (Wildman–Crippen MR) is 137 cm³/mol. The molecular weight excluding hydrogens is 460 g/mol. The van der Waals surface area contributed by atoms with Crippen LogP contribution >= 0.6 is 0 Å². The quantitative estimate of drug-likeness (QED) is 0.373. The third-order valence-electron chi connectivity index (χ3n) is 6.73. The number of hydrogen-bond donors (Lipinski definition) is 0. The molecule has 7 heteroatoms. The van der Waals surface area contributed by atoms with Crippen LogP contribution in [0.5, 0.6) is 5.75 Å². The monoisotopic (exact) mass is 489 g/mol. The van der Waals surface area contributed by atoms with Gasteiger partial charge in [0.2, 0.25) is 0 Å². The minimum absolute atomic E-state index is 0.0649. The lowest BCUT2D eigenvalue weighted by atomic mass is 9.97. The third kappa shape index (κ3) is 4.90. The molecule has 2 aliphatic rings. The van der Waals surface area contributed by atoms with Crippen LogP contribution in [0.4, 0.5) is 14.5 Å². The number of nitrogens with zero attached hydrogens (tertiary/aromatic N) is 3. The van der Waals surface area contributed by atoms with Crippen molar-refractivity contribution in [1.29, 1.82) is 0 Å². The van der Waals surface area contributed by atoms with E-state index in [1.165, 1.54) is 4.90 Å². The highest BCUT2D eigenvalue weighted by Crippen LogP contribution is 2.42. The van der Waals surface area contributed by atoms with E-state index in [-0.39, 0.29) is 18.0 Å². The largest absolute Gasteiger partial charge is 0.491 e. The zero-order chi connectivity index (χ0) is 25.9. The van der Waals surface area contributed by atoms with Crippen LogP contribution in [0, 0.1) is 5.92 Å². The second kappa shape index (κ2) is 10.4. The number of carbonyl (C=O) groups excluding carboxylic acids is 1. The van der Waals surface area contributed by atoms with Gasteiger partial charge in [-0.05, 0) is 24.1 Å². The summed E-state index contributed by atoms with van der Waals surface area (Å²) < 4.78 is 35.9. The minimum Gasteiger partial charge on any atom is -0.491 e. The van der Waals surface area contributed by atoms with Crippen LogP contribution in [-0.2, 0) is 4.79 Å². The maximum absolute atomic E-state index is 15.0. The number of fused-ring (bicyclic) bond motifs is 1. The fourth-order valence-corrected chi connectivity index (χ4v) is 4.80. The SMILES string of the molecule is C=C=C(N=C1N(C)[C@@H](c2ccccc2)CC1(F)F)C(=O)CC[C@H]1COc2ccccc2N(C)C1=C=C. The topological polar surface area (TPSA) is 45.1 Å². The second-order valence-electron chi connectivity index (χ2n) is 8.97. The number of para-hydroxylation sites is 2. The molecule has 0 aliphatic carbocycles. The molecule has 0 unspecified atom stereocenters. The zero-order valence-corrected chi connectivity index (χ0v) is 20.5. The van der Waals surface area contributed by atoms with Crippen molar-refractivity contribution in [3.63, 3.8) is 0 Å². The van der Waals surface area contributed by atoms with Crippen LogP contribution in [0.15, 0.2) is 95.6 Å². The molecule has 0 bridgehead atoms. The number of ether oxygens (including phenoxy) is 1. The normalized spacial score (nSPS) is 21.8. The molecule has 2 heterocycles. The van der Waals surface area contributed by atoms with Crippen LogP contribution in [0.1, 0.15) is 30.9 Å². The number of benzene rings is 2. The van der Waals surface area contributed by atoms with Gasteiger partial charge in [-0.2, -0.15) is 8.78 Å². The first-order chi connectivity index (χ1) is 17.3. The Bertz CT molecular complexity index is 1270. The van der Waals surface area contributed by atoms with Gasteiger partial charge in [0.15, 0.2) is 11.6 Å². The molecule has 1 saturated heterocycles. The number of aliphatic imine (C=N–C) groups is 1. The van der Waals surface area contributed by atoms with E-state index < -0.39 is 30.0 Å². The molecule has 2 aromatic carbocycles. The summed E-state index contributed by atoms with van der Waals surface area (Å²) in [7, 11) is 3.47. The van der Waals surface area contributed by atoms with E-state index in [0.717, 1.165) is 22.7 Å². The van der Waals surface area contributed by atoms with Gasteiger partial charge in [0.25, 0.3) is 0 Å². The van der Waals surface area contributed by atoms with E-state index in [0.29, 0.717) is 13.0 Å². The Balaban J connectivity index is 1.49. The van der Waals surface area contributed by atoms with Gasteiger partial charge in [0.05, 0.1) is 24.0 Å². The van der Waals surface area contributed by atoms with Gasteiger partial charge in [-0.3, -0.25) is 4.79 Å². The van der Waals surface area contributed by atoms with Gasteiger partial charge in [0.1, 0.15) is 11.4 Å². The lowest BCUT2D eigenvalue weighted by Gasteiger charge is -2.24. The standard InChI is InChI=1S/C29H29F2N3O2/c1-5-22(32-28-29(30,31)18-25(34(28)4)20-12-8-7-9-13-20)26(35)17-16-21-19-36-27-15-11-10-14-24(27)33(3)23(21)6-2/h7-15,21,25H,1-2,16-19H2,3-4H3/t21-,25+/m0/s1. The molecule has 2 atom stereocenters. The van der Waals surface area contributed by atoms with Crippen molar-refractivity contribution in [2.75, 3.05) is 25.6 Å². The van der Waals surface area contributed by atoms with E-state index in [1.54, 1.807) is 7.05 Å². The van der Waals surface area contributed by atoms with Crippen molar-refractivity contribution in [3.05, 3.63) is 96.2 Å². The summed E-state index contributed by atoms with van der Waals surface area (Å²) in [5.74, 6) is -3.46. The molecule has 2 aromatic rings. The van der Waals surface area contributed by atoms with Crippen molar-refractivity contribution in [2.45, 2.75) is 31.2 Å². The lowest BCUT2D eigenvalue weighted by molar-refractivity contribution is -0.115. The smallest absolute Gasteiger partial charge is 0.306 e. The number of likely N-dealkylation sites (tertiary alicyclic amines) is 1. The van der Waals surface area contributed by atoms with E-state index in [4.69, 9.17) is 4.74 Å². The highest BCUT2D eigenvalue weighted by Gasteiger charge is 2.50. The van der Waals surface area contributed by atoms with Crippen molar-refractivity contribution in [2.24, 2.45) is 10.9 Å². The average molecular weight is 490 g/mol. The predicted octanol–water partition coefficient (Wildman–Crippen LogP) is 5.93. The van der Waals surface area contributed by atoms with E-state index in [2.05, 4.69) is 29.6 Å². The summed E-state index contributed by atoms with van der Waals surface area (Å²) in [6.07, 6.45) is 0.0596. The second-order valence-corrected chi connectivity index (χ2v) is 8.97. The van der Waals surface area contributed by atoms with Gasteiger partial charge >= 0.3 is 5.92 Å². The molecule has 0 N–H and O–H groups in total. The lowest BCUT2D eigenvalue weighted by Crippen LogP contribution is -2.32. The number of halogens is 2. The molecule has 0 spiro atoms. The van der Waals surface area contributed by atoms with Crippen molar-refractivity contribution in [3.8, 4) is 5.75 Å². The van der Waals surface area contributed by atoms with Gasteiger partial charge in [-0.25, -0.2) is 4.99 Å². The Morgan fingerprint density at radius 1 is 1.14 bits per heavy atom. The van der Waals surface area contributed by atoms with Gasteiger partial charge in [-0.1, -0.05) is 61.4 Å². The fourth-order valence-electron chi connectivity index (χ4n) is 4.80. The Morgan fingerprint density at radius 2 is 1.83 bits per heavy atom. The highest BCUT2D eigenvalue weighted by molar-refractivity contribution is 6.00. The zero-order valence-electron chi connectivity index (χ0n) is 20.5.